The predicted molar refractivity (Wildman–Crippen MR) is 68.1 cm³/mol. The molecule has 2 aromatic rings. The summed E-state index contributed by atoms with van der Waals surface area (Å²) < 4.78 is 1.21. The van der Waals surface area contributed by atoms with Gasteiger partial charge in [-0.2, -0.15) is 0 Å². The maximum Gasteiger partial charge on any atom is 0.265 e. The molecule has 0 saturated heterocycles. The van der Waals surface area contributed by atoms with E-state index in [4.69, 9.17) is 23.7 Å². The van der Waals surface area contributed by atoms with Crippen molar-refractivity contribution in [3.8, 4) is 0 Å². The Morgan fingerprint density at radius 1 is 1.24 bits per heavy atom. The Hall–Kier alpha value is -2.21. The van der Waals surface area contributed by atoms with E-state index in [1.807, 2.05) is 6.07 Å². The molecule has 0 aliphatic rings. The number of nitrogens with two attached hydrogens (primary N) is 2. The Bertz CT molecular complexity index is 621. The van der Waals surface area contributed by atoms with Gasteiger partial charge in [-0.3, -0.25) is 4.79 Å². The zero-order valence-corrected chi connectivity index (χ0v) is 9.65. The third-order valence-electron chi connectivity index (χ3n) is 2.19. The minimum Gasteiger partial charge on any atom is -0.385 e. The van der Waals surface area contributed by atoms with Crippen LogP contribution in [0.4, 0.5) is 11.6 Å². The Morgan fingerprint density at radius 3 is 2.47 bits per heavy atom. The minimum atomic E-state index is -0.319. The van der Waals surface area contributed by atoms with Gasteiger partial charge in [-0.25, -0.2) is 9.55 Å². The van der Waals surface area contributed by atoms with Gasteiger partial charge in [0.15, 0.2) is 0 Å². The van der Waals surface area contributed by atoms with Crippen LogP contribution in [0.25, 0.3) is 0 Å². The maximum absolute atomic E-state index is 12.1. The molecule has 0 spiro atoms. The molecule has 0 bridgehead atoms. The first-order chi connectivity index (χ1) is 8.09. The number of aromatic nitrogens is 2. The van der Waals surface area contributed by atoms with E-state index < -0.39 is 0 Å². The highest BCUT2D eigenvalue weighted by molar-refractivity contribution is 7.71. The molecule has 1 aromatic heterocycles. The van der Waals surface area contributed by atoms with E-state index in [1.165, 1.54) is 6.07 Å². The molecule has 1 aromatic carbocycles. The number of carbonyl (C=O) groups is 1. The van der Waals surface area contributed by atoms with Crippen LogP contribution >= 0.6 is 12.2 Å². The van der Waals surface area contributed by atoms with Gasteiger partial charge in [0, 0.05) is 11.6 Å². The molecule has 0 unspecified atom stereocenters. The molecule has 0 aliphatic heterocycles. The number of rotatable bonds is 1. The van der Waals surface area contributed by atoms with E-state index in [2.05, 4.69) is 4.98 Å². The van der Waals surface area contributed by atoms with Gasteiger partial charge in [0.2, 0.25) is 4.77 Å². The zero-order valence-electron chi connectivity index (χ0n) is 8.83. The monoisotopic (exact) mass is 246 g/mol. The molecule has 2 rings (SSSR count). The smallest absolute Gasteiger partial charge is 0.265 e. The maximum atomic E-state index is 12.1. The molecule has 1 heterocycles. The van der Waals surface area contributed by atoms with Crippen LogP contribution in [0.3, 0.4) is 0 Å². The van der Waals surface area contributed by atoms with Crippen molar-refractivity contribution in [1.29, 1.82) is 0 Å². The van der Waals surface area contributed by atoms with Gasteiger partial charge in [0.25, 0.3) is 5.91 Å². The molecule has 0 fully saturated rings. The van der Waals surface area contributed by atoms with Gasteiger partial charge in [-0.15, -0.1) is 0 Å². The number of nitrogens with zero attached hydrogens (tertiary/aromatic N) is 2. The SMILES string of the molecule is Nc1cc(N)n(C(=O)c2ccccc2)c(=S)n1. The van der Waals surface area contributed by atoms with Crippen LogP contribution in [0.15, 0.2) is 36.4 Å². The normalized spacial score (nSPS) is 10.1. The third-order valence-corrected chi connectivity index (χ3v) is 2.47. The Labute approximate surface area is 103 Å². The number of carbonyl (C=O) groups excluding carboxylic acids is 1. The van der Waals surface area contributed by atoms with E-state index in [0.717, 1.165) is 4.57 Å². The highest BCUT2D eigenvalue weighted by Gasteiger charge is 2.12. The van der Waals surface area contributed by atoms with Crippen molar-refractivity contribution in [2.75, 3.05) is 11.5 Å². The first kappa shape index (κ1) is 11.3. The molecular formula is C11H10N4OS. The molecule has 86 valence electrons. The molecule has 5 nitrogen and oxygen atoms in total. The average molecular weight is 246 g/mol. The van der Waals surface area contributed by atoms with Crippen molar-refractivity contribution in [2.45, 2.75) is 0 Å². The molecular weight excluding hydrogens is 236 g/mol. The molecule has 0 radical (unpaired) electrons. The number of hydrogen-bond acceptors (Lipinski definition) is 5. The largest absolute Gasteiger partial charge is 0.385 e. The summed E-state index contributed by atoms with van der Waals surface area (Å²) in [6.07, 6.45) is 0. The summed E-state index contributed by atoms with van der Waals surface area (Å²) in [5, 5.41) is 0. The topological polar surface area (TPSA) is 86.9 Å². The summed E-state index contributed by atoms with van der Waals surface area (Å²) in [7, 11) is 0. The van der Waals surface area contributed by atoms with Crippen LogP contribution in [0, 0.1) is 4.77 Å². The van der Waals surface area contributed by atoms with E-state index in [9.17, 15) is 4.79 Å². The lowest BCUT2D eigenvalue weighted by Crippen LogP contribution is -2.18. The standard InChI is InChI=1S/C11H10N4OS/c12-8-6-9(13)15(11(17)14-8)10(16)7-4-2-1-3-5-7/h1-6H,13H2,(H2,12,14,17). The fraction of sp³-hybridized carbons (Fsp3) is 0. The lowest BCUT2D eigenvalue weighted by atomic mass is 10.2. The highest BCUT2D eigenvalue weighted by Crippen LogP contribution is 2.11. The summed E-state index contributed by atoms with van der Waals surface area (Å²) in [6, 6.07) is 10.1. The first-order valence-electron chi connectivity index (χ1n) is 4.84. The summed E-state index contributed by atoms with van der Waals surface area (Å²) in [4.78, 5) is 16.0. The number of nitrogen functional groups attached to an aromatic ring is 2. The van der Waals surface area contributed by atoms with E-state index in [-0.39, 0.29) is 22.3 Å². The van der Waals surface area contributed by atoms with Crippen LogP contribution in [0.2, 0.25) is 0 Å². The molecule has 4 N–H and O–H groups in total. The first-order valence-corrected chi connectivity index (χ1v) is 5.25. The number of benzene rings is 1. The van der Waals surface area contributed by atoms with Crippen molar-refractivity contribution >= 4 is 29.8 Å². The summed E-state index contributed by atoms with van der Waals surface area (Å²) in [6.45, 7) is 0. The fourth-order valence-electron chi connectivity index (χ4n) is 1.43. The second kappa shape index (κ2) is 4.34. The van der Waals surface area contributed by atoms with Crippen LogP contribution in [-0.4, -0.2) is 15.5 Å². The number of anilines is 2. The van der Waals surface area contributed by atoms with Crippen LogP contribution in [0.1, 0.15) is 10.4 Å². The quantitative estimate of drug-likeness (QED) is 0.744. The Balaban J connectivity index is 2.56. The van der Waals surface area contributed by atoms with Crippen LogP contribution < -0.4 is 11.5 Å². The Morgan fingerprint density at radius 2 is 1.88 bits per heavy atom. The van der Waals surface area contributed by atoms with Gasteiger partial charge in [0.05, 0.1) is 0 Å². The van der Waals surface area contributed by atoms with Gasteiger partial charge in [-0.1, -0.05) is 18.2 Å². The molecule has 0 aliphatic carbocycles. The average Bonchev–Trinajstić information content (AvgIpc) is 2.28. The van der Waals surface area contributed by atoms with Crippen LogP contribution in [-0.2, 0) is 0 Å². The summed E-state index contributed by atoms with van der Waals surface area (Å²) >= 11 is 4.97. The van der Waals surface area contributed by atoms with E-state index >= 15 is 0 Å². The summed E-state index contributed by atoms with van der Waals surface area (Å²) in [5.74, 6) is 0.0570. The minimum absolute atomic E-state index is 0.0522. The second-order valence-corrected chi connectivity index (χ2v) is 3.76. The van der Waals surface area contributed by atoms with Crippen molar-refractivity contribution < 1.29 is 4.79 Å². The van der Waals surface area contributed by atoms with Gasteiger partial charge >= 0.3 is 0 Å². The highest BCUT2D eigenvalue weighted by atomic mass is 32.1. The lowest BCUT2D eigenvalue weighted by Gasteiger charge is -2.09. The second-order valence-electron chi connectivity index (χ2n) is 3.40. The van der Waals surface area contributed by atoms with E-state index in [1.54, 1.807) is 24.3 Å². The predicted octanol–water partition coefficient (Wildman–Crippen LogP) is 1.47. The lowest BCUT2D eigenvalue weighted by molar-refractivity contribution is 0.0959. The molecule has 17 heavy (non-hydrogen) atoms. The van der Waals surface area contributed by atoms with Gasteiger partial charge in [0.1, 0.15) is 11.6 Å². The van der Waals surface area contributed by atoms with Gasteiger partial charge < -0.3 is 11.5 Å². The molecule has 0 amide bonds. The van der Waals surface area contributed by atoms with Crippen molar-refractivity contribution in [3.05, 3.63) is 46.7 Å². The molecule has 0 saturated carbocycles. The molecule has 6 heteroatoms. The number of hydrogen-bond donors (Lipinski definition) is 2. The van der Waals surface area contributed by atoms with Crippen LogP contribution in [0.5, 0.6) is 0 Å². The fourth-order valence-corrected chi connectivity index (χ4v) is 1.73. The third kappa shape index (κ3) is 2.16. The van der Waals surface area contributed by atoms with E-state index in [0.29, 0.717) is 5.56 Å². The Kier molecular flexibility index (Phi) is 2.88. The molecule has 0 atom stereocenters. The van der Waals surface area contributed by atoms with Crippen molar-refractivity contribution in [3.63, 3.8) is 0 Å². The zero-order chi connectivity index (χ0) is 12.4. The summed E-state index contributed by atoms with van der Waals surface area (Å²) in [5.41, 5.74) is 11.7. The van der Waals surface area contributed by atoms with Gasteiger partial charge in [-0.05, 0) is 24.4 Å². The van der Waals surface area contributed by atoms with Crippen molar-refractivity contribution in [2.24, 2.45) is 0 Å². The van der Waals surface area contributed by atoms with Crippen molar-refractivity contribution in [1.82, 2.24) is 9.55 Å².